The molecule has 202 valence electrons. The van der Waals surface area contributed by atoms with Gasteiger partial charge in [-0.3, -0.25) is 19.2 Å². The van der Waals surface area contributed by atoms with Crippen LogP contribution in [0.15, 0.2) is 72.8 Å². The lowest BCUT2D eigenvalue weighted by Crippen LogP contribution is -2.16. The average molecular weight is 542 g/mol. The molecule has 0 spiro atoms. The number of rotatable bonds is 9. The zero-order chi connectivity index (χ0) is 29.1. The van der Waals surface area contributed by atoms with E-state index in [1.54, 1.807) is 12.1 Å². The highest BCUT2D eigenvalue weighted by atomic mass is 16.5. The summed E-state index contributed by atoms with van der Waals surface area (Å²) in [7, 11) is 2.64. The quantitative estimate of drug-likeness (QED) is 0.136. The highest BCUT2D eigenvalue weighted by Gasteiger charge is 2.25. The van der Waals surface area contributed by atoms with Crippen molar-refractivity contribution in [2.24, 2.45) is 0 Å². The van der Waals surface area contributed by atoms with Crippen LogP contribution in [-0.4, -0.2) is 57.8 Å². The van der Waals surface area contributed by atoms with Crippen molar-refractivity contribution in [2.45, 2.75) is 0 Å². The van der Waals surface area contributed by atoms with Gasteiger partial charge in [-0.15, -0.1) is 0 Å². The molecular formula is C30H22O10. The number of phenols is 4. The number of hydrogen-bond acceptors (Lipinski definition) is 10. The maximum Gasteiger partial charge on any atom is 0.237 e. The van der Waals surface area contributed by atoms with E-state index in [0.717, 1.165) is 24.3 Å². The topological polar surface area (TPSA) is 168 Å². The number of methoxy groups -OCH3 is 2. The molecule has 10 heteroatoms. The fourth-order valence-electron chi connectivity index (χ4n) is 3.95. The molecule has 0 fully saturated rings. The van der Waals surface area contributed by atoms with Crippen molar-refractivity contribution in [3.8, 4) is 45.6 Å². The molecule has 0 bridgehead atoms. The fraction of sp³-hybridized carbons (Fsp3) is 0.0667. The standard InChI is InChI=1S/C30H22O10/c1-39-25-13-15(3-7-19(25)29(37)27(35)17-5-9-21(31)23(33)11-17)16-4-8-20(26(14-16)40-2)30(38)28(36)18-6-10-22(32)24(34)12-18/h3-14,31-34H,1-2H3. The van der Waals surface area contributed by atoms with Crippen molar-refractivity contribution < 1.29 is 49.1 Å². The van der Waals surface area contributed by atoms with Crippen LogP contribution in [0.2, 0.25) is 0 Å². The van der Waals surface area contributed by atoms with Crippen LogP contribution in [-0.2, 0) is 0 Å². The number of phenolic OH excluding ortho intramolecular Hbond substituents is 4. The Morgan fingerprint density at radius 1 is 0.475 bits per heavy atom. The molecule has 0 radical (unpaired) electrons. The molecule has 10 nitrogen and oxygen atoms in total. The normalized spacial score (nSPS) is 10.6. The monoisotopic (exact) mass is 542 g/mol. The maximum atomic E-state index is 12.9. The van der Waals surface area contributed by atoms with E-state index in [1.165, 1.54) is 50.6 Å². The molecule has 0 aromatic heterocycles. The molecule has 4 aromatic carbocycles. The molecular weight excluding hydrogens is 520 g/mol. The Kier molecular flexibility index (Phi) is 7.53. The van der Waals surface area contributed by atoms with E-state index < -0.39 is 46.1 Å². The fourth-order valence-corrected chi connectivity index (χ4v) is 3.95. The molecule has 4 aromatic rings. The van der Waals surface area contributed by atoms with Gasteiger partial charge in [0.15, 0.2) is 23.0 Å². The predicted molar refractivity (Wildman–Crippen MR) is 142 cm³/mol. The molecule has 4 rings (SSSR count). The van der Waals surface area contributed by atoms with E-state index in [1.807, 2.05) is 0 Å². The zero-order valence-corrected chi connectivity index (χ0v) is 21.2. The van der Waals surface area contributed by atoms with Crippen LogP contribution in [0, 0.1) is 0 Å². The summed E-state index contributed by atoms with van der Waals surface area (Å²) >= 11 is 0. The van der Waals surface area contributed by atoms with E-state index in [9.17, 15) is 39.6 Å². The second-order valence-corrected chi connectivity index (χ2v) is 8.55. The SMILES string of the molecule is COc1cc(-c2ccc(C(=O)C(=O)c3ccc(O)c(O)c3)c(OC)c2)ccc1C(=O)C(=O)c1ccc(O)c(O)c1. The Hall–Kier alpha value is -5.64. The van der Waals surface area contributed by atoms with Crippen LogP contribution in [0.1, 0.15) is 41.4 Å². The number of ether oxygens (including phenoxy) is 2. The smallest absolute Gasteiger partial charge is 0.237 e. The first-order chi connectivity index (χ1) is 19.0. The third-order valence-electron chi connectivity index (χ3n) is 6.11. The number of aromatic hydroxyl groups is 4. The van der Waals surface area contributed by atoms with Gasteiger partial charge in [-0.05, 0) is 71.8 Å². The van der Waals surface area contributed by atoms with Gasteiger partial charge in [0.2, 0.25) is 23.1 Å². The van der Waals surface area contributed by atoms with E-state index >= 15 is 0 Å². The number of carbonyl (C=O) groups excluding carboxylic acids is 4. The van der Waals surface area contributed by atoms with Gasteiger partial charge in [0, 0.05) is 11.1 Å². The van der Waals surface area contributed by atoms with E-state index in [-0.39, 0.29) is 33.8 Å². The molecule has 0 aliphatic heterocycles. The lowest BCUT2D eigenvalue weighted by Gasteiger charge is -2.13. The maximum absolute atomic E-state index is 12.9. The van der Waals surface area contributed by atoms with Gasteiger partial charge in [0.1, 0.15) is 11.5 Å². The molecule has 0 saturated heterocycles. The number of Topliss-reactive ketones (excluding diaryl/α,β-unsaturated/α-hetero) is 4. The molecule has 0 unspecified atom stereocenters. The number of benzene rings is 4. The van der Waals surface area contributed by atoms with Gasteiger partial charge in [0.05, 0.1) is 25.3 Å². The second kappa shape index (κ2) is 11.0. The third-order valence-corrected chi connectivity index (χ3v) is 6.11. The summed E-state index contributed by atoms with van der Waals surface area (Å²) in [4.78, 5) is 51.3. The first-order valence-corrected chi connectivity index (χ1v) is 11.6. The van der Waals surface area contributed by atoms with Crippen LogP contribution >= 0.6 is 0 Å². The Morgan fingerprint density at radius 3 is 1.18 bits per heavy atom. The van der Waals surface area contributed by atoms with Crippen molar-refractivity contribution in [3.63, 3.8) is 0 Å². The van der Waals surface area contributed by atoms with Crippen molar-refractivity contribution in [3.05, 3.63) is 95.1 Å². The second-order valence-electron chi connectivity index (χ2n) is 8.55. The summed E-state index contributed by atoms with van der Waals surface area (Å²) in [6, 6.07) is 15.5. The first-order valence-electron chi connectivity index (χ1n) is 11.6. The summed E-state index contributed by atoms with van der Waals surface area (Å²) in [5.41, 5.74) is 0.767. The van der Waals surface area contributed by atoms with Crippen LogP contribution < -0.4 is 9.47 Å². The minimum absolute atomic E-state index is 0.0367. The van der Waals surface area contributed by atoms with Crippen molar-refractivity contribution in [2.75, 3.05) is 14.2 Å². The Morgan fingerprint density at radius 2 is 0.850 bits per heavy atom. The zero-order valence-electron chi connectivity index (χ0n) is 21.2. The Balaban J connectivity index is 1.64. The van der Waals surface area contributed by atoms with Gasteiger partial charge >= 0.3 is 0 Å². The number of hydrogen-bond donors (Lipinski definition) is 4. The largest absolute Gasteiger partial charge is 0.504 e. The van der Waals surface area contributed by atoms with Gasteiger partial charge in [-0.1, -0.05) is 12.1 Å². The van der Waals surface area contributed by atoms with Gasteiger partial charge < -0.3 is 29.9 Å². The lowest BCUT2D eigenvalue weighted by atomic mass is 9.95. The van der Waals surface area contributed by atoms with Gasteiger partial charge in [0.25, 0.3) is 0 Å². The molecule has 0 atom stereocenters. The summed E-state index contributed by atoms with van der Waals surface area (Å²) in [5.74, 6) is -5.41. The van der Waals surface area contributed by atoms with Crippen molar-refractivity contribution >= 4 is 23.1 Å². The minimum Gasteiger partial charge on any atom is -0.504 e. The van der Waals surface area contributed by atoms with Gasteiger partial charge in [-0.2, -0.15) is 0 Å². The highest BCUT2D eigenvalue weighted by Crippen LogP contribution is 2.33. The molecule has 0 saturated carbocycles. The molecule has 0 aliphatic carbocycles. The lowest BCUT2D eigenvalue weighted by molar-refractivity contribution is 0.0815. The van der Waals surface area contributed by atoms with Crippen molar-refractivity contribution in [1.29, 1.82) is 0 Å². The Labute approximate surface area is 227 Å². The van der Waals surface area contributed by atoms with Crippen LogP contribution in [0.25, 0.3) is 11.1 Å². The van der Waals surface area contributed by atoms with E-state index in [4.69, 9.17) is 9.47 Å². The first kappa shape index (κ1) is 27.4. The molecule has 0 amide bonds. The minimum atomic E-state index is -0.919. The Bertz CT molecular complexity index is 1560. The molecule has 0 aliphatic rings. The predicted octanol–water partition coefficient (Wildman–Crippen LogP) is 4.32. The van der Waals surface area contributed by atoms with Crippen LogP contribution in [0.3, 0.4) is 0 Å². The average Bonchev–Trinajstić information content (AvgIpc) is 2.97. The van der Waals surface area contributed by atoms with Crippen LogP contribution in [0.4, 0.5) is 0 Å². The summed E-state index contributed by atoms with van der Waals surface area (Å²) in [6.45, 7) is 0. The summed E-state index contributed by atoms with van der Waals surface area (Å²) in [5, 5.41) is 38.2. The number of carbonyl (C=O) groups is 4. The van der Waals surface area contributed by atoms with E-state index in [2.05, 4.69) is 0 Å². The summed E-state index contributed by atoms with van der Waals surface area (Å²) in [6.07, 6.45) is 0. The van der Waals surface area contributed by atoms with Crippen LogP contribution in [0.5, 0.6) is 34.5 Å². The molecule has 4 N–H and O–H groups in total. The molecule has 0 heterocycles. The summed E-state index contributed by atoms with van der Waals surface area (Å²) < 4.78 is 10.7. The van der Waals surface area contributed by atoms with E-state index in [0.29, 0.717) is 11.1 Å². The number of ketones is 4. The highest BCUT2D eigenvalue weighted by molar-refractivity contribution is 6.50. The third kappa shape index (κ3) is 5.18. The van der Waals surface area contributed by atoms with Crippen molar-refractivity contribution in [1.82, 2.24) is 0 Å². The van der Waals surface area contributed by atoms with Gasteiger partial charge in [-0.25, -0.2) is 0 Å². The molecule has 40 heavy (non-hydrogen) atoms.